The second-order valence-electron chi connectivity index (χ2n) is 2.41. The maximum atomic E-state index is 9.00. The lowest BCUT2D eigenvalue weighted by atomic mass is 10.4. The van der Waals surface area contributed by atoms with E-state index in [0.717, 1.165) is 6.92 Å². The first-order valence-corrected chi connectivity index (χ1v) is 3.92. The molecule has 0 bridgehead atoms. The fourth-order valence-corrected chi connectivity index (χ4v) is 0.540. The molecule has 0 fully saturated rings. The van der Waals surface area contributed by atoms with Crippen molar-refractivity contribution < 1.29 is 9.90 Å². The van der Waals surface area contributed by atoms with Gasteiger partial charge in [-0.15, -0.1) is 0 Å². The summed E-state index contributed by atoms with van der Waals surface area (Å²) < 4.78 is 0. The van der Waals surface area contributed by atoms with Crippen molar-refractivity contribution in [3.63, 3.8) is 0 Å². The van der Waals surface area contributed by atoms with Crippen LogP contribution in [0.25, 0.3) is 0 Å². The Bertz CT molecular complexity index is 90.1. The van der Waals surface area contributed by atoms with Gasteiger partial charge in [-0.05, 0) is 26.6 Å². The maximum absolute atomic E-state index is 9.00. The minimum absolute atomic E-state index is 0.833. The number of aliphatic carboxylic acids is 1. The van der Waals surface area contributed by atoms with Crippen molar-refractivity contribution in [2.45, 2.75) is 27.2 Å². The highest BCUT2D eigenvalue weighted by Gasteiger charge is 1.86. The summed E-state index contributed by atoms with van der Waals surface area (Å²) in [6, 6.07) is 0. The van der Waals surface area contributed by atoms with Crippen LogP contribution in [0.2, 0.25) is 0 Å². The van der Waals surface area contributed by atoms with Crippen LogP contribution < -0.4 is 0 Å². The van der Waals surface area contributed by atoms with Crippen molar-refractivity contribution in [1.29, 1.82) is 0 Å². The summed E-state index contributed by atoms with van der Waals surface area (Å²) in [5, 5.41) is 7.42. The molecule has 0 aromatic carbocycles. The fraction of sp³-hybridized carbons (Fsp3) is 0.875. The smallest absolute Gasteiger partial charge is 0.300 e. The summed E-state index contributed by atoms with van der Waals surface area (Å²) in [7, 11) is 2.14. The van der Waals surface area contributed by atoms with Gasteiger partial charge in [-0.25, -0.2) is 0 Å². The van der Waals surface area contributed by atoms with E-state index >= 15 is 0 Å². The second-order valence-corrected chi connectivity index (χ2v) is 2.41. The summed E-state index contributed by atoms with van der Waals surface area (Å²) in [6.07, 6.45) is 1.27. The number of carboxylic acid groups (broad SMARTS) is 1. The molecule has 0 aromatic rings. The minimum Gasteiger partial charge on any atom is -0.481 e. The average Bonchev–Trinajstić information content (AvgIpc) is 1.87. The third kappa shape index (κ3) is 26.5. The second kappa shape index (κ2) is 9.43. The predicted molar refractivity (Wildman–Crippen MR) is 46.8 cm³/mol. The Hall–Kier alpha value is -0.570. The number of carbonyl (C=O) groups is 1. The quantitative estimate of drug-likeness (QED) is 0.681. The van der Waals surface area contributed by atoms with Crippen molar-refractivity contribution >= 4 is 5.97 Å². The molecule has 68 valence electrons. The molecule has 0 spiro atoms. The van der Waals surface area contributed by atoms with Crippen LogP contribution >= 0.6 is 0 Å². The summed E-state index contributed by atoms with van der Waals surface area (Å²) in [6.45, 7) is 7.87. The van der Waals surface area contributed by atoms with Gasteiger partial charge in [-0.2, -0.15) is 0 Å². The summed E-state index contributed by atoms with van der Waals surface area (Å²) >= 11 is 0. The number of hydrogen-bond acceptors (Lipinski definition) is 2. The Balaban J connectivity index is 0. The lowest BCUT2D eigenvalue weighted by Gasteiger charge is -2.10. The van der Waals surface area contributed by atoms with Crippen LogP contribution in [0.1, 0.15) is 27.2 Å². The van der Waals surface area contributed by atoms with Crippen molar-refractivity contribution in [3.05, 3.63) is 0 Å². The third-order valence-corrected chi connectivity index (χ3v) is 1.15. The summed E-state index contributed by atoms with van der Waals surface area (Å²) in [5.74, 6) is -0.833. The van der Waals surface area contributed by atoms with Crippen LogP contribution in [0.15, 0.2) is 0 Å². The zero-order valence-electron chi connectivity index (χ0n) is 7.92. The highest BCUT2D eigenvalue weighted by atomic mass is 16.4. The van der Waals surface area contributed by atoms with E-state index in [1.54, 1.807) is 0 Å². The Morgan fingerprint density at radius 2 is 1.82 bits per heavy atom. The molecular weight excluding hydrogens is 142 g/mol. The van der Waals surface area contributed by atoms with E-state index in [-0.39, 0.29) is 0 Å². The summed E-state index contributed by atoms with van der Waals surface area (Å²) in [4.78, 5) is 11.3. The first-order chi connectivity index (χ1) is 5.04. The van der Waals surface area contributed by atoms with Gasteiger partial charge in [-0.1, -0.05) is 13.8 Å². The van der Waals surface area contributed by atoms with Crippen molar-refractivity contribution in [1.82, 2.24) is 4.90 Å². The Labute approximate surface area is 69.0 Å². The molecule has 11 heavy (non-hydrogen) atoms. The maximum Gasteiger partial charge on any atom is 0.300 e. The monoisotopic (exact) mass is 161 g/mol. The van der Waals surface area contributed by atoms with Crippen LogP contribution in [-0.4, -0.2) is 36.1 Å². The molecule has 0 aliphatic rings. The molecule has 3 heteroatoms. The third-order valence-electron chi connectivity index (χ3n) is 1.15. The van der Waals surface area contributed by atoms with E-state index in [1.165, 1.54) is 19.5 Å². The van der Waals surface area contributed by atoms with Crippen molar-refractivity contribution in [2.75, 3.05) is 20.1 Å². The SMILES string of the molecule is CC(=O)O.CCCN(C)CC. The number of nitrogens with zero attached hydrogens (tertiary/aromatic N) is 1. The van der Waals surface area contributed by atoms with E-state index < -0.39 is 5.97 Å². The van der Waals surface area contributed by atoms with Gasteiger partial charge in [0.1, 0.15) is 0 Å². The van der Waals surface area contributed by atoms with E-state index in [4.69, 9.17) is 9.90 Å². The van der Waals surface area contributed by atoms with Gasteiger partial charge in [0, 0.05) is 6.92 Å². The largest absolute Gasteiger partial charge is 0.481 e. The van der Waals surface area contributed by atoms with Crippen LogP contribution in [0.5, 0.6) is 0 Å². The molecular formula is C8H19NO2. The Morgan fingerprint density at radius 1 is 1.45 bits per heavy atom. The molecule has 0 rings (SSSR count). The van der Waals surface area contributed by atoms with Crippen molar-refractivity contribution in [2.24, 2.45) is 0 Å². The minimum atomic E-state index is -0.833. The van der Waals surface area contributed by atoms with E-state index in [0.29, 0.717) is 0 Å². The molecule has 0 saturated carbocycles. The van der Waals surface area contributed by atoms with Gasteiger partial charge < -0.3 is 10.0 Å². The van der Waals surface area contributed by atoms with Gasteiger partial charge in [0.25, 0.3) is 5.97 Å². The van der Waals surface area contributed by atoms with Crippen LogP contribution in [0.4, 0.5) is 0 Å². The Morgan fingerprint density at radius 3 is 1.91 bits per heavy atom. The van der Waals surface area contributed by atoms with E-state index in [1.807, 2.05) is 0 Å². The molecule has 0 aliphatic heterocycles. The number of rotatable bonds is 3. The first-order valence-electron chi connectivity index (χ1n) is 3.92. The molecule has 0 amide bonds. The highest BCUT2D eigenvalue weighted by Crippen LogP contribution is 1.82. The van der Waals surface area contributed by atoms with E-state index in [9.17, 15) is 0 Å². The molecule has 0 atom stereocenters. The zero-order chi connectivity index (χ0) is 9.28. The molecule has 0 aromatic heterocycles. The molecule has 0 radical (unpaired) electrons. The number of carboxylic acids is 1. The lowest BCUT2D eigenvalue weighted by molar-refractivity contribution is -0.134. The van der Waals surface area contributed by atoms with Crippen molar-refractivity contribution in [3.8, 4) is 0 Å². The van der Waals surface area contributed by atoms with Gasteiger partial charge in [0.2, 0.25) is 0 Å². The predicted octanol–water partition coefficient (Wildman–Crippen LogP) is 1.44. The molecule has 0 heterocycles. The van der Waals surface area contributed by atoms with Crippen LogP contribution in [-0.2, 0) is 4.79 Å². The molecule has 0 saturated heterocycles. The first kappa shape index (κ1) is 13.1. The normalized spacial score (nSPS) is 8.82. The molecule has 0 aliphatic carbocycles. The number of hydrogen-bond donors (Lipinski definition) is 1. The lowest BCUT2D eigenvalue weighted by Crippen LogP contribution is -2.17. The fourth-order valence-electron chi connectivity index (χ4n) is 0.540. The zero-order valence-corrected chi connectivity index (χ0v) is 7.92. The van der Waals surface area contributed by atoms with Gasteiger partial charge in [-0.3, -0.25) is 4.79 Å². The molecule has 0 unspecified atom stereocenters. The molecule has 1 N–H and O–H groups in total. The standard InChI is InChI=1S/C6H15N.C2H4O2/c1-4-6-7(3)5-2;1-2(3)4/h4-6H2,1-3H3;1H3,(H,3,4). The van der Waals surface area contributed by atoms with Crippen LogP contribution in [0, 0.1) is 0 Å². The van der Waals surface area contributed by atoms with Gasteiger partial charge in [0.05, 0.1) is 0 Å². The summed E-state index contributed by atoms with van der Waals surface area (Å²) in [5.41, 5.74) is 0. The topological polar surface area (TPSA) is 40.5 Å². The average molecular weight is 161 g/mol. The van der Waals surface area contributed by atoms with Gasteiger partial charge in [0.15, 0.2) is 0 Å². The van der Waals surface area contributed by atoms with Gasteiger partial charge >= 0.3 is 0 Å². The van der Waals surface area contributed by atoms with E-state index in [2.05, 4.69) is 25.8 Å². The highest BCUT2D eigenvalue weighted by molar-refractivity contribution is 5.62. The van der Waals surface area contributed by atoms with Crippen LogP contribution in [0.3, 0.4) is 0 Å². The Kier molecular flexibility index (Phi) is 11.2. The molecule has 3 nitrogen and oxygen atoms in total.